The van der Waals surface area contributed by atoms with Crippen LogP contribution in [0.4, 0.5) is 5.82 Å². The molecular formula is C19H20N4O2. The molecule has 0 spiro atoms. The van der Waals surface area contributed by atoms with Crippen LogP contribution in [0.25, 0.3) is 11.5 Å². The van der Waals surface area contributed by atoms with E-state index in [0.717, 1.165) is 24.2 Å². The van der Waals surface area contributed by atoms with E-state index in [1.165, 1.54) is 17.5 Å². The SMILES string of the molecule is COCc1noc(-c2ccc(NC3CCCc4ccccc43)nc2)n1. The maximum atomic E-state index is 5.24. The van der Waals surface area contributed by atoms with Gasteiger partial charge in [-0.25, -0.2) is 4.98 Å². The Morgan fingerprint density at radius 1 is 1.24 bits per heavy atom. The molecule has 1 aromatic carbocycles. The quantitative estimate of drug-likeness (QED) is 0.764. The Kier molecular flexibility index (Phi) is 4.43. The summed E-state index contributed by atoms with van der Waals surface area (Å²) < 4.78 is 10.2. The molecule has 1 N–H and O–H groups in total. The van der Waals surface area contributed by atoms with Crippen molar-refractivity contribution in [3.63, 3.8) is 0 Å². The molecule has 0 fully saturated rings. The van der Waals surface area contributed by atoms with Gasteiger partial charge in [0.1, 0.15) is 12.4 Å². The predicted octanol–water partition coefficient (Wildman–Crippen LogP) is 3.77. The minimum atomic E-state index is 0.306. The molecule has 25 heavy (non-hydrogen) atoms. The highest BCUT2D eigenvalue weighted by molar-refractivity contribution is 5.54. The van der Waals surface area contributed by atoms with Gasteiger partial charge in [-0.05, 0) is 42.5 Å². The van der Waals surface area contributed by atoms with Gasteiger partial charge < -0.3 is 14.6 Å². The number of aryl methyl sites for hydroxylation is 1. The van der Waals surface area contributed by atoms with Gasteiger partial charge in [-0.1, -0.05) is 29.4 Å². The van der Waals surface area contributed by atoms with Gasteiger partial charge in [0.25, 0.3) is 5.89 Å². The summed E-state index contributed by atoms with van der Waals surface area (Å²) in [7, 11) is 1.60. The highest BCUT2D eigenvalue weighted by Gasteiger charge is 2.20. The van der Waals surface area contributed by atoms with Crippen molar-refractivity contribution in [3.8, 4) is 11.5 Å². The van der Waals surface area contributed by atoms with Gasteiger partial charge in [-0.3, -0.25) is 0 Å². The fraction of sp³-hybridized carbons (Fsp3) is 0.316. The van der Waals surface area contributed by atoms with Crippen LogP contribution >= 0.6 is 0 Å². The second kappa shape index (κ2) is 7.03. The van der Waals surface area contributed by atoms with Gasteiger partial charge in [0.05, 0.1) is 11.6 Å². The van der Waals surface area contributed by atoms with Gasteiger partial charge in [0.15, 0.2) is 5.82 Å². The van der Waals surface area contributed by atoms with E-state index in [0.29, 0.717) is 24.4 Å². The molecule has 0 saturated carbocycles. The number of ether oxygens (including phenoxy) is 1. The van der Waals surface area contributed by atoms with Crippen LogP contribution in [0.15, 0.2) is 47.1 Å². The van der Waals surface area contributed by atoms with Gasteiger partial charge >= 0.3 is 0 Å². The number of benzene rings is 1. The first-order valence-corrected chi connectivity index (χ1v) is 8.46. The number of methoxy groups -OCH3 is 1. The molecule has 128 valence electrons. The highest BCUT2D eigenvalue weighted by Crippen LogP contribution is 2.32. The number of nitrogens with one attached hydrogen (secondary N) is 1. The maximum Gasteiger partial charge on any atom is 0.259 e. The lowest BCUT2D eigenvalue weighted by molar-refractivity contribution is 0.174. The zero-order chi connectivity index (χ0) is 17.1. The molecule has 3 aromatic rings. The molecule has 4 rings (SSSR count). The van der Waals surface area contributed by atoms with E-state index in [9.17, 15) is 0 Å². The summed E-state index contributed by atoms with van der Waals surface area (Å²) in [5.41, 5.74) is 3.60. The Labute approximate surface area is 146 Å². The Morgan fingerprint density at radius 2 is 2.16 bits per heavy atom. The number of hydrogen-bond donors (Lipinski definition) is 1. The molecule has 2 aromatic heterocycles. The third kappa shape index (κ3) is 3.39. The highest BCUT2D eigenvalue weighted by atomic mass is 16.5. The van der Waals surface area contributed by atoms with E-state index in [-0.39, 0.29) is 0 Å². The number of pyridine rings is 1. The van der Waals surface area contributed by atoms with Crippen LogP contribution in [0.1, 0.15) is 35.8 Å². The summed E-state index contributed by atoms with van der Waals surface area (Å²) in [6, 6.07) is 12.8. The van der Waals surface area contributed by atoms with Crippen molar-refractivity contribution in [1.29, 1.82) is 0 Å². The molecule has 6 nitrogen and oxygen atoms in total. The number of fused-ring (bicyclic) bond motifs is 1. The maximum absolute atomic E-state index is 5.24. The largest absolute Gasteiger partial charge is 0.377 e. The number of rotatable bonds is 5. The summed E-state index contributed by atoms with van der Waals surface area (Å²) in [6.45, 7) is 0.331. The molecule has 2 heterocycles. The topological polar surface area (TPSA) is 73.1 Å². The van der Waals surface area contributed by atoms with E-state index < -0.39 is 0 Å². The Morgan fingerprint density at radius 3 is 3.00 bits per heavy atom. The van der Waals surface area contributed by atoms with Crippen LogP contribution in [0, 0.1) is 0 Å². The number of hydrogen-bond acceptors (Lipinski definition) is 6. The Bertz CT molecular complexity index is 845. The minimum absolute atomic E-state index is 0.306. The molecule has 1 atom stereocenters. The zero-order valence-corrected chi connectivity index (χ0v) is 14.1. The van der Waals surface area contributed by atoms with Crippen molar-refractivity contribution in [1.82, 2.24) is 15.1 Å². The van der Waals surface area contributed by atoms with E-state index in [4.69, 9.17) is 9.26 Å². The van der Waals surface area contributed by atoms with Crippen LogP contribution < -0.4 is 5.32 Å². The Hall–Kier alpha value is -2.73. The molecule has 0 amide bonds. The second-order valence-electron chi connectivity index (χ2n) is 6.17. The van der Waals surface area contributed by atoms with E-state index in [1.54, 1.807) is 13.3 Å². The number of anilines is 1. The van der Waals surface area contributed by atoms with Crippen molar-refractivity contribution in [2.75, 3.05) is 12.4 Å². The molecule has 1 unspecified atom stereocenters. The first-order chi connectivity index (χ1) is 12.3. The summed E-state index contributed by atoms with van der Waals surface area (Å²) in [6.07, 6.45) is 5.21. The van der Waals surface area contributed by atoms with Crippen LogP contribution in [0.3, 0.4) is 0 Å². The van der Waals surface area contributed by atoms with Crippen molar-refractivity contribution >= 4 is 5.82 Å². The second-order valence-corrected chi connectivity index (χ2v) is 6.17. The molecule has 1 aliphatic carbocycles. The van der Waals surface area contributed by atoms with E-state index in [2.05, 4.69) is 44.7 Å². The average molecular weight is 336 g/mol. The van der Waals surface area contributed by atoms with Crippen LogP contribution in [-0.4, -0.2) is 22.2 Å². The molecule has 0 radical (unpaired) electrons. The normalized spacial score (nSPS) is 16.4. The zero-order valence-electron chi connectivity index (χ0n) is 14.1. The van der Waals surface area contributed by atoms with E-state index in [1.807, 2.05) is 12.1 Å². The minimum Gasteiger partial charge on any atom is -0.377 e. The lowest BCUT2D eigenvalue weighted by atomic mass is 9.88. The van der Waals surface area contributed by atoms with Crippen LogP contribution in [-0.2, 0) is 17.8 Å². The summed E-state index contributed by atoms with van der Waals surface area (Å²) >= 11 is 0. The van der Waals surface area contributed by atoms with Gasteiger partial charge in [0, 0.05) is 13.3 Å². The van der Waals surface area contributed by atoms with Crippen molar-refractivity contribution in [3.05, 3.63) is 59.5 Å². The third-order valence-electron chi connectivity index (χ3n) is 4.44. The lowest BCUT2D eigenvalue weighted by Crippen LogP contribution is -2.17. The average Bonchev–Trinajstić information content (AvgIpc) is 3.12. The smallest absolute Gasteiger partial charge is 0.259 e. The van der Waals surface area contributed by atoms with Crippen molar-refractivity contribution < 1.29 is 9.26 Å². The predicted molar refractivity (Wildman–Crippen MR) is 94.0 cm³/mol. The summed E-state index contributed by atoms with van der Waals surface area (Å²) in [4.78, 5) is 8.79. The van der Waals surface area contributed by atoms with Crippen LogP contribution in [0.5, 0.6) is 0 Å². The number of aromatic nitrogens is 3. The van der Waals surface area contributed by atoms with Gasteiger partial charge in [0.2, 0.25) is 0 Å². The molecule has 0 bridgehead atoms. The lowest BCUT2D eigenvalue weighted by Gasteiger charge is -2.26. The van der Waals surface area contributed by atoms with Crippen molar-refractivity contribution in [2.24, 2.45) is 0 Å². The summed E-state index contributed by atoms with van der Waals surface area (Å²) in [5.74, 6) is 1.83. The molecule has 0 saturated heterocycles. The summed E-state index contributed by atoms with van der Waals surface area (Å²) in [5, 5.41) is 7.41. The fourth-order valence-corrected chi connectivity index (χ4v) is 3.25. The van der Waals surface area contributed by atoms with Gasteiger partial charge in [-0.15, -0.1) is 0 Å². The first-order valence-electron chi connectivity index (χ1n) is 8.46. The molecule has 6 heteroatoms. The van der Waals surface area contributed by atoms with Crippen LogP contribution in [0.2, 0.25) is 0 Å². The fourth-order valence-electron chi connectivity index (χ4n) is 3.25. The standard InChI is InChI=1S/C19H20N4O2/c1-24-12-18-22-19(25-23-18)14-9-10-17(20-11-14)21-16-8-4-6-13-5-2-3-7-15(13)16/h2-3,5,7,9-11,16H,4,6,8,12H2,1H3,(H,20,21). The first kappa shape index (κ1) is 15.8. The molecular weight excluding hydrogens is 316 g/mol. The van der Waals surface area contributed by atoms with Gasteiger partial charge in [-0.2, -0.15) is 4.98 Å². The molecule has 1 aliphatic rings. The monoisotopic (exact) mass is 336 g/mol. The third-order valence-corrected chi connectivity index (χ3v) is 4.44. The Balaban J connectivity index is 1.49. The van der Waals surface area contributed by atoms with E-state index >= 15 is 0 Å². The number of nitrogens with zero attached hydrogens (tertiary/aromatic N) is 3. The molecule has 0 aliphatic heterocycles. The van der Waals surface area contributed by atoms with Crippen molar-refractivity contribution in [2.45, 2.75) is 31.9 Å².